The first-order valence-corrected chi connectivity index (χ1v) is 7.90. The molecule has 0 heterocycles. The standard InChI is InChI=1S/C12H11BBrNO4S/c14-10-4-6-12(7-5-10)20(18,19)15-11-3-1-2-9(8-11)13(16)17/h1-8,15-17H. The van der Waals surface area contributed by atoms with Crippen LogP contribution >= 0.6 is 15.9 Å². The fraction of sp³-hybridized carbons (Fsp3) is 0. The number of benzene rings is 2. The van der Waals surface area contributed by atoms with Crippen molar-refractivity contribution in [3.05, 3.63) is 53.0 Å². The maximum atomic E-state index is 12.1. The molecular weight excluding hydrogens is 345 g/mol. The highest BCUT2D eigenvalue weighted by molar-refractivity contribution is 9.10. The molecule has 0 spiro atoms. The largest absolute Gasteiger partial charge is 0.488 e. The van der Waals surface area contributed by atoms with Crippen molar-refractivity contribution in [2.45, 2.75) is 4.90 Å². The molecule has 0 amide bonds. The summed E-state index contributed by atoms with van der Waals surface area (Å²) in [6.45, 7) is 0. The number of anilines is 1. The third kappa shape index (κ3) is 3.60. The molecule has 0 aliphatic rings. The highest BCUT2D eigenvalue weighted by Crippen LogP contribution is 2.17. The first-order valence-electron chi connectivity index (χ1n) is 5.63. The highest BCUT2D eigenvalue weighted by atomic mass is 79.9. The summed E-state index contributed by atoms with van der Waals surface area (Å²) in [5.41, 5.74) is 0.472. The minimum atomic E-state index is -3.71. The molecule has 0 bridgehead atoms. The Hall–Kier alpha value is -1.35. The van der Waals surface area contributed by atoms with Gasteiger partial charge in [-0.1, -0.05) is 28.1 Å². The van der Waals surface area contributed by atoms with E-state index in [1.54, 1.807) is 12.1 Å². The Bertz CT molecular complexity index is 704. The quantitative estimate of drug-likeness (QED) is 0.712. The van der Waals surface area contributed by atoms with Crippen LogP contribution < -0.4 is 10.2 Å². The van der Waals surface area contributed by atoms with Crippen molar-refractivity contribution in [3.8, 4) is 0 Å². The molecule has 104 valence electrons. The van der Waals surface area contributed by atoms with Gasteiger partial charge in [0.1, 0.15) is 0 Å². The number of nitrogens with one attached hydrogen (secondary N) is 1. The molecule has 0 fully saturated rings. The van der Waals surface area contributed by atoms with Crippen LogP contribution in [0.1, 0.15) is 0 Å². The van der Waals surface area contributed by atoms with E-state index in [2.05, 4.69) is 20.7 Å². The Kier molecular flexibility index (Phi) is 4.49. The van der Waals surface area contributed by atoms with Gasteiger partial charge in [0.2, 0.25) is 0 Å². The number of hydrogen-bond donors (Lipinski definition) is 3. The van der Waals surface area contributed by atoms with Gasteiger partial charge in [-0.2, -0.15) is 0 Å². The zero-order valence-corrected chi connectivity index (χ0v) is 12.6. The first kappa shape index (κ1) is 15.1. The molecule has 0 aliphatic carbocycles. The summed E-state index contributed by atoms with van der Waals surface area (Å²) in [6, 6.07) is 12.1. The zero-order chi connectivity index (χ0) is 14.8. The van der Waals surface area contributed by atoms with E-state index in [1.807, 2.05) is 0 Å². The number of halogens is 1. The fourth-order valence-electron chi connectivity index (χ4n) is 1.59. The fourth-order valence-corrected chi connectivity index (χ4v) is 2.90. The molecule has 0 aliphatic heterocycles. The highest BCUT2D eigenvalue weighted by Gasteiger charge is 2.16. The molecular formula is C12H11BBrNO4S. The predicted octanol–water partition coefficient (Wildman–Crippen LogP) is 0.930. The summed E-state index contributed by atoms with van der Waals surface area (Å²) in [7, 11) is -5.35. The molecule has 0 saturated carbocycles. The van der Waals surface area contributed by atoms with Gasteiger partial charge in [-0.15, -0.1) is 0 Å². The average molecular weight is 356 g/mol. The zero-order valence-electron chi connectivity index (χ0n) is 10.2. The minimum Gasteiger partial charge on any atom is -0.423 e. The van der Waals surface area contributed by atoms with E-state index < -0.39 is 17.1 Å². The molecule has 2 aromatic rings. The van der Waals surface area contributed by atoms with Crippen LogP contribution in [0, 0.1) is 0 Å². The summed E-state index contributed by atoms with van der Waals surface area (Å²) >= 11 is 3.23. The van der Waals surface area contributed by atoms with Crippen LogP contribution in [0.15, 0.2) is 57.9 Å². The summed E-state index contributed by atoms with van der Waals surface area (Å²) in [5, 5.41) is 18.1. The summed E-state index contributed by atoms with van der Waals surface area (Å²) in [5.74, 6) is 0. The summed E-state index contributed by atoms with van der Waals surface area (Å²) in [6.07, 6.45) is 0. The van der Waals surface area contributed by atoms with Crippen molar-refractivity contribution in [2.24, 2.45) is 0 Å². The SMILES string of the molecule is O=S(=O)(Nc1cccc(B(O)O)c1)c1ccc(Br)cc1. The van der Waals surface area contributed by atoms with Gasteiger partial charge in [0, 0.05) is 10.2 Å². The second-order valence-corrected chi connectivity index (χ2v) is 6.66. The van der Waals surface area contributed by atoms with Gasteiger partial charge in [0.05, 0.1) is 4.90 Å². The summed E-state index contributed by atoms with van der Waals surface area (Å²) < 4.78 is 27.4. The van der Waals surface area contributed by atoms with Gasteiger partial charge < -0.3 is 10.0 Å². The van der Waals surface area contributed by atoms with E-state index in [0.29, 0.717) is 0 Å². The minimum absolute atomic E-state index is 0.121. The average Bonchev–Trinajstić information content (AvgIpc) is 2.39. The first-order chi connectivity index (χ1) is 9.38. The Balaban J connectivity index is 2.28. The van der Waals surface area contributed by atoms with E-state index in [1.165, 1.54) is 36.4 Å². The normalized spacial score (nSPS) is 11.2. The van der Waals surface area contributed by atoms with Gasteiger partial charge in [-0.05, 0) is 41.9 Å². The number of rotatable bonds is 4. The van der Waals surface area contributed by atoms with Crippen LogP contribution in [0.5, 0.6) is 0 Å². The van der Waals surface area contributed by atoms with E-state index in [-0.39, 0.29) is 16.0 Å². The lowest BCUT2D eigenvalue weighted by Gasteiger charge is -2.09. The molecule has 0 unspecified atom stereocenters. The Morgan fingerprint density at radius 2 is 1.70 bits per heavy atom. The smallest absolute Gasteiger partial charge is 0.423 e. The second kappa shape index (κ2) is 5.96. The molecule has 20 heavy (non-hydrogen) atoms. The topological polar surface area (TPSA) is 86.6 Å². The van der Waals surface area contributed by atoms with Gasteiger partial charge in [0.25, 0.3) is 10.0 Å². The van der Waals surface area contributed by atoms with Crippen molar-refractivity contribution in [2.75, 3.05) is 4.72 Å². The molecule has 0 atom stereocenters. The van der Waals surface area contributed by atoms with Crippen LogP contribution in [-0.4, -0.2) is 25.6 Å². The maximum absolute atomic E-state index is 12.1. The number of sulfonamides is 1. The van der Waals surface area contributed by atoms with Gasteiger partial charge in [-0.25, -0.2) is 8.42 Å². The predicted molar refractivity (Wildman–Crippen MR) is 81.2 cm³/mol. The molecule has 2 aromatic carbocycles. The van der Waals surface area contributed by atoms with E-state index in [0.717, 1.165) is 4.47 Å². The molecule has 0 aromatic heterocycles. The van der Waals surface area contributed by atoms with Crippen LogP contribution in [0.25, 0.3) is 0 Å². The molecule has 3 N–H and O–H groups in total. The van der Waals surface area contributed by atoms with Crippen LogP contribution in [0.3, 0.4) is 0 Å². The lowest BCUT2D eigenvalue weighted by Crippen LogP contribution is -2.30. The Labute approximate surface area is 125 Å². The van der Waals surface area contributed by atoms with Crippen molar-refractivity contribution in [1.29, 1.82) is 0 Å². The van der Waals surface area contributed by atoms with Gasteiger partial charge >= 0.3 is 7.12 Å². The molecule has 5 nitrogen and oxygen atoms in total. The van der Waals surface area contributed by atoms with E-state index >= 15 is 0 Å². The maximum Gasteiger partial charge on any atom is 0.488 e. The lowest BCUT2D eigenvalue weighted by molar-refractivity contribution is 0.426. The van der Waals surface area contributed by atoms with Crippen molar-refractivity contribution < 1.29 is 18.5 Å². The number of hydrogen-bond acceptors (Lipinski definition) is 4. The van der Waals surface area contributed by atoms with Gasteiger partial charge in [0.15, 0.2) is 0 Å². The summed E-state index contributed by atoms with van der Waals surface area (Å²) in [4.78, 5) is 0.121. The van der Waals surface area contributed by atoms with Gasteiger partial charge in [-0.3, -0.25) is 4.72 Å². The third-order valence-electron chi connectivity index (χ3n) is 2.56. The van der Waals surface area contributed by atoms with Crippen LogP contribution in [-0.2, 0) is 10.0 Å². The molecule has 0 saturated heterocycles. The Morgan fingerprint density at radius 3 is 2.30 bits per heavy atom. The Morgan fingerprint density at radius 1 is 1.05 bits per heavy atom. The third-order valence-corrected chi connectivity index (χ3v) is 4.49. The van der Waals surface area contributed by atoms with E-state index in [4.69, 9.17) is 10.0 Å². The molecule has 2 rings (SSSR count). The van der Waals surface area contributed by atoms with Crippen molar-refractivity contribution in [3.63, 3.8) is 0 Å². The van der Waals surface area contributed by atoms with E-state index in [9.17, 15) is 8.42 Å². The van der Waals surface area contributed by atoms with Crippen molar-refractivity contribution >= 4 is 44.2 Å². The van der Waals surface area contributed by atoms with Crippen LogP contribution in [0.4, 0.5) is 5.69 Å². The van der Waals surface area contributed by atoms with Crippen LogP contribution in [0.2, 0.25) is 0 Å². The van der Waals surface area contributed by atoms with Crippen molar-refractivity contribution in [1.82, 2.24) is 0 Å². The second-order valence-electron chi connectivity index (χ2n) is 4.06. The molecule has 8 heteroatoms. The monoisotopic (exact) mass is 355 g/mol. The molecule has 0 radical (unpaired) electrons. The lowest BCUT2D eigenvalue weighted by atomic mass is 9.80.